The van der Waals surface area contributed by atoms with Gasteiger partial charge in [-0.3, -0.25) is 0 Å². The van der Waals surface area contributed by atoms with Crippen LogP contribution in [-0.4, -0.2) is 19.6 Å². The van der Waals surface area contributed by atoms with Crippen molar-refractivity contribution in [3.8, 4) is 0 Å². The third-order valence-corrected chi connectivity index (χ3v) is 3.33. The van der Waals surface area contributed by atoms with Gasteiger partial charge in [0, 0.05) is 25.3 Å². The van der Waals surface area contributed by atoms with Crippen LogP contribution in [0.25, 0.3) is 0 Å². The summed E-state index contributed by atoms with van der Waals surface area (Å²) in [6.07, 6.45) is 2.39. The molecule has 1 N–H and O–H groups in total. The van der Waals surface area contributed by atoms with E-state index in [4.69, 9.17) is 0 Å². The van der Waals surface area contributed by atoms with Gasteiger partial charge in [0.15, 0.2) is 0 Å². The number of nitrogens with zero attached hydrogens (tertiary/aromatic N) is 1. The predicted octanol–water partition coefficient (Wildman–Crippen LogP) is 2.57. The Kier molecular flexibility index (Phi) is 3.83. The van der Waals surface area contributed by atoms with E-state index in [1.165, 1.54) is 30.6 Å². The molecule has 1 aromatic rings. The normalized spacial score (nSPS) is 14.6. The highest BCUT2D eigenvalue weighted by Gasteiger charge is 2.15. The van der Waals surface area contributed by atoms with Gasteiger partial charge >= 0.3 is 0 Å². The highest BCUT2D eigenvalue weighted by Crippen LogP contribution is 2.26. The van der Waals surface area contributed by atoms with Gasteiger partial charge in [-0.25, -0.2) is 0 Å². The first-order valence-corrected chi connectivity index (χ1v) is 6.43. The molecule has 0 bridgehead atoms. The third kappa shape index (κ3) is 2.22. The molecule has 0 unspecified atom stereocenters. The van der Waals surface area contributed by atoms with Gasteiger partial charge in [-0.2, -0.15) is 0 Å². The quantitative estimate of drug-likeness (QED) is 0.835. The molecule has 1 aliphatic rings. The lowest BCUT2D eigenvalue weighted by Crippen LogP contribution is -2.29. The van der Waals surface area contributed by atoms with E-state index in [2.05, 4.69) is 42.3 Å². The van der Waals surface area contributed by atoms with Gasteiger partial charge in [0.2, 0.25) is 0 Å². The molecular weight excluding hydrogens is 196 g/mol. The minimum atomic E-state index is 1.03. The Bertz CT molecular complexity index is 347. The van der Waals surface area contributed by atoms with Crippen LogP contribution in [0, 0.1) is 0 Å². The first-order valence-electron chi connectivity index (χ1n) is 6.43. The number of fused-ring (bicyclic) bond motifs is 1. The summed E-state index contributed by atoms with van der Waals surface area (Å²) in [5.74, 6) is 0. The molecule has 2 heteroatoms. The minimum absolute atomic E-state index is 1.03. The molecule has 0 saturated heterocycles. The van der Waals surface area contributed by atoms with Crippen LogP contribution >= 0.6 is 0 Å². The van der Waals surface area contributed by atoms with Crippen LogP contribution in [0.5, 0.6) is 0 Å². The van der Waals surface area contributed by atoms with E-state index < -0.39 is 0 Å². The van der Waals surface area contributed by atoms with E-state index in [9.17, 15) is 0 Å². The Morgan fingerprint density at radius 3 is 2.94 bits per heavy atom. The summed E-state index contributed by atoms with van der Waals surface area (Å²) in [7, 11) is 0. The molecule has 0 fully saturated rings. The lowest BCUT2D eigenvalue weighted by molar-refractivity contribution is 0.640. The second-order valence-electron chi connectivity index (χ2n) is 4.42. The molecular formula is C14H22N2. The first-order chi connectivity index (χ1) is 7.86. The van der Waals surface area contributed by atoms with Crippen molar-refractivity contribution in [2.75, 3.05) is 24.5 Å². The van der Waals surface area contributed by atoms with Crippen molar-refractivity contribution in [2.24, 2.45) is 0 Å². The van der Waals surface area contributed by atoms with Gasteiger partial charge in [-0.05, 0) is 43.5 Å². The van der Waals surface area contributed by atoms with Gasteiger partial charge in [-0.15, -0.1) is 0 Å². The summed E-state index contributed by atoms with van der Waals surface area (Å²) in [6, 6.07) is 6.73. The average molecular weight is 218 g/mol. The van der Waals surface area contributed by atoms with Crippen LogP contribution in [0.15, 0.2) is 18.2 Å². The highest BCUT2D eigenvalue weighted by molar-refractivity contribution is 5.57. The van der Waals surface area contributed by atoms with Crippen LogP contribution in [0.4, 0.5) is 5.69 Å². The van der Waals surface area contributed by atoms with E-state index in [1.54, 1.807) is 5.56 Å². The van der Waals surface area contributed by atoms with Crippen molar-refractivity contribution < 1.29 is 0 Å². The second-order valence-corrected chi connectivity index (χ2v) is 4.42. The summed E-state index contributed by atoms with van der Waals surface area (Å²) >= 11 is 0. The zero-order valence-corrected chi connectivity index (χ0v) is 10.4. The van der Waals surface area contributed by atoms with Crippen LogP contribution in [0.2, 0.25) is 0 Å². The number of rotatable bonds is 4. The number of hydrogen-bond acceptors (Lipinski definition) is 2. The molecule has 88 valence electrons. The van der Waals surface area contributed by atoms with Gasteiger partial charge in [-0.1, -0.05) is 19.1 Å². The van der Waals surface area contributed by atoms with Crippen molar-refractivity contribution in [3.05, 3.63) is 29.3 Å². The first kappa shape index (κ1) is 11.5. The predicted molar refractivity (Wildman–Crippen MR) is 70.0 cm³/mol. The summed E-state index contributed by atoms with van der Waals surface area (Å²) in [4.78, 5) is 2.50. The van der Waals surface area contributed by atoms with Crippen LogP contribution in [-0.2, 0) is 13.0 Å². The largest absolute Gasteiger partial charge is 0.372 e. The van der Waals surface area contributed by atoms with Gasteiger partial charge in [0.1, 0.15) is 0 Å². The lowest BCUT2D eigenvalue weighted by atomic mass is 9.98. The van der Waals surface area contributed by atoms with Gasteiger partial charge in [0.25, 0.3) is 0 Å². The Hall–Kier alpha value is -1.02. The van der Waals surface area contributed by atoms with Gasteiger partial charge in [0.05, 0.1) is 0 Å². The Morgan fingerprint density at radius 2 is 2.19 bits per heavy atom. The lowest BCUT2D eigenvalue weighted by Gasteiger charge is -2.28. The molecule has 0 saturated carbocycles. The third-order valence-electron chi connectivity index (χ3n) is 3.33. The zero-order chi connectivity index (χ0) is 11.4. The molecule has 0 aromatic heterocycles. The molecule has 2 rings (SSSR count). The fraction of sp³-hybridized carbons (Fsp3) is 0.571. The fourth-order valence-electron chi connectivity index (χ4n) is 2.53. The zero-order valence-electron chi connectivity index (χ0n) is 10.4. The molecule has 0 aliphatic carbocycles. The Labute approximate surface area is 98.7 Å². The topological polar surface area (TPSA) is 15.3 Å². The Morgan fingerprint density at radius 1 is 1.31 bits per heavy atom. The van der Waals surface area contributed by atoms with E-state index >= 15 is 0 Å². The molecule has 1 aromatic carbocycles. The maximum Gasteiger partial charge on any atom is 0.0402 e. The van der Waals surface area contributed by atoms with Gasteiger partial charge < -0.3 is 10.2 Å². The van der Waals surface area contributed by atoms with Crippen molar-refractivity contribution in [1.82, 2.24) is 5.32 Å². The molecule has 16 heavy (non-hydrogen) atoms. The number of nitrogens with one attached hydrogen (secondary N) is 1. The number of hydrogen-bond donors (Lipinski definition) is 1. The van der Waals surface area contributed by atoms with Crippen LogP contribution < -0.4 is 10.2 Å². The molecule has 2 nitrogen and oxygen atoms in total. The van der Waals surface area contributed by atoms with Crippen molar-refractivity contribution in [3.63, 3.8) is 0 Å². The number of anilines is 1. The average Bonchev–Trinajstić information content (AvgIpc) is 2.35. The van der Waals surface area contributed by atoms with E-state index in [-0.39, 0.29) is 0 Å². The Balaban J connectivity index is 2.31. The second kappa shape index (κ2) is 5.35. The minimum Gasteiger partial charge on any atom is -0.372 e. The monoisotopic (exact) mass is 218 g/mol. The maximum absolute atomic E-state index is 3.44. The highest BCUT2D eigenvalue weighted by atomic mass is 15.1. The summed E-state index contributed by atoms with van der Waals surface area (Å²) in [6.45, 7) is 8.92. The maximum atomic E-state index is 3.44. The SMILES string of the molecule is CCCN(CC)c1cccc2c1CCNC2. The van der Waals surface area contributed by atoms with Crippen molar-refractivity contribution in [1.29, 1.82) is 0 Å². The smallest absolute Gasteiger partial charge is 0.0402 e. The summed E-state index contributed by atoms with van der Waals surface area (Å²) in [5, 5.41) is 3.44. The molecule has 1 heterocycles. The molecule has 1 aliphatic heterocycles. The van der Waals surface area contributed by atoms with E-state index in [0.29, 0.717) is 0 Å². The standard InChI is InChI=1S/C14H22N2/c1-3-10-16(4-2)14-7-5-6-12-11-15-9-8-13(12)14/h5-7,15H,3-4,8-11H2,1-2H3. The number of benzene rings is 1. The van der Waals surface area contributed by atoms with Crippen LogP contribution in [0.3, 0.4) is 0 Å². The molecule has 0 amide bonds. The summed E-state index contributed by atoms with van der Waals surface area (Å²) < 4.78 is 0. The molecule has 0 atom stereocenters. The molecule has 0 spiro atoms. The van der Waals surface area contributed by atoms with Crippen molar-refractivity contribution >= 4 is 5.69 Å². The summed E-state index contributed by atoms with van der Waals surface area (Å²) in [5.41, 5.74) is 4.51. The van der Waals surface area contributed by atoms with Crippen LogP contribution in [0.1, 0.15) is 31.4 Å². The van der Waals surface area contributed by atoms with E-state index in [0.717, 1.165) is 19.6 Å². The van der Waals surface area contributed by atoms with E-state index in [1.807, 2.05) is 0 Å². The fourth-order valence-corrected chi connectivity index (χ4v) is 2.53. The molecule has 0 radical (unpaired) electrons. The van der Waals surface area contributed by atoms with Crippen molar-refractivity contribution in [2.45, 2.75) is 33.2 Å².